The number of aromatic nitrogens is 1. The summed E-state index contributed by atoms with van der Waals surface area (Å²) in [6.45, 7) is 4.18. The molecule has 0 radical (unpaired) electrons. The van der Waals surface area contributed by atoms with Crippen molar-refractivity contribution in [2.75, 3.05) is 43.0 Å². The van der Waals surface area contributed by atoms with Gasteiger partial charge >= 0.3 is 6.09 Å². The van der Waals surface area contributed by atoms with Crippen LogP contribution in [0.15, 0.2) is 36.5 Å². The molecule has 2 aromatic rings. The zero-order valence-corrected chi connectivity index (χ0v) is 15.3. The number of benzene rings is 1. The number of carbonyl (C=O) groups is 2. The van der Waals surface area contributed by atoms with E-state index in [-0.39, 0.29) is 11.8 Å². The molecule has 3 rings (SSSR count). The van der Waals surface area contributed by atoms with Crippen molar-refractivity contribution in [3.63, 3.8) is 0 Å². The van der Waals surface area contributed by atoms with Gasteiger partial charge in [0.2, 0.25) is 0 Å². The molecule has 7 nitrogen and oxygen atoms in total. The Balaban J connectivity index is 1.64. The Morgan fingerprint density at radius 2 is 1.86 bits per heavy atom. The van der Waals surface area contributed by atoms with Crippen LogP contribution in [0.5, 0.6) is 0 Å². The Labute approximate surface area is 160 Å². The molecule has 2 heterocycles. The van der Waals surface area contributed by atoms with Crippen LogP contribution < -0.4 is 10.2 Å². The van der Waals surface area contributed by atoms with Crippen molar-refractivity contribution < 1.29 is 23.1 Å². The summed E-state index contributed by atoms with van der Waals surface area (Å²) in [5.41, 5.74) is 0.493. The molecule has 1 aromatic heterocycles. The molecule has 1 aliphatic rings. The molecule has 1 aromatic carbocycles. The summed E-state index contributed by atoms with van der Waals surface area (Å²) >= 11 is 0. The van der Waals surface area contributed by atoms with Crippen molar-refractivity contribution >= 4 is 23.5 Å². The molecule has 0 saturated carbocycles. The highest BCUT2D eigenvalue weighted by molar-refractivity contribution is 6.04. The van der Waals surface area contributed by atoms with E-state index in [9.17, 15) is 18.4 Å². The SMILES string of the molecule is CCOC(=O)N1CCN(c2cc(C(=O)Nc3ccc(F)c(F)c3)ccn2)CC1. The van der Waals surface area contributed by atoms with Gasteiger partial charge < -0.3 is 19.9 Å². The first kappa shape index (κ1) is 19.5. The maximum Gasteiger partial charge on any atom is 0.409 e. The van der Waals surface area contributed by atoms with Crippen LogP contribution in [0, 0.1) is 11.6 Å². The quantitative estimate of drug-likeness (QED) is 0.869. The van der Waals surface area contributed by atoms with E-state index in [4.69, 9.17) is 4.74 Å². The van der Waals surface area contributed by atoms with E-state index in [2.05, 4.69) is 10.3 Å². The van der Waals surface area contributed by atoms with Gasteiger partial charge in [0.25, 0.3) is 5.91 Å². The van der Waals surface area contributed by atoms with E-state index in [1.807, 2.05) is 4.90 Å². The number of anilines is 2. The molecule has 2 amide bonds. The van der Waals surface area contributed by atoms with Crippen molar-refractivity contribution in [1.82, 2.24) is 9.88 Å². The van der Waals surface area contributed by atoms with Crippen LogP contribution in [0.3, 0.4) is 0 Å². The lowest BCUT2D eigenvalue weighted by Crippen LogP contribution is -2.49. The van der Waals surface area contributed by atoms with Crippen LogP contribution in [-0.2, 0) is 4.74 Å². The fourth-order valence-corrected chi connectivity index (χ4v) is 2.84. The highest BCUT2D eigenvalue weighted by Crippen LogP contribution is 2.18. The predicted octanol–water partition coefficient (Wildman–Crippen LogP) is 2.89. The second-order valence-electron chi connectivity index (χ2n) is 6.16. The highest BCUT2D eigenvalue weighted by atomic mass is 19.2. The maximum absolute atomic E-state index is 13.3. The first-order valence-electron chi connectivity index (χ1n) is 8.87. The van der Waals surface area contributed by atoms with Crippen molar-refractivity contribution in [3.05, 3.63) is 53.7 Å². The molecular formula is C19H20F2N4O3. The molecule has 0 spiro atoms. The van der Waals surface area contributed by atoms with Gasteiger partial charge in [-0.05, 0) is 31.2 Å². The summed E-state index contributed by atoms with van der Waals surface area (Å²) in [7, 11) is 0. The van der Waals surface area contributed by atoms with E-state index >= 15 is 0 Å². The zero-order valence-electron chi connectivity index (χ0n) is 15.3. The lowest BCUT2D eigenvalue weighted by Gasteiger charge is -2.34. The summed E-state index contributed by atoms with van der Waals surface area (Å²) in [5, 5.41) is 2.53. The van der Waals surface area contributed by atoms with E-state index < -0.39 is 17.5 Å². The van der Waals surface area contributed by atoms with Gasteiger partial charge in [0, 0.05) is 49.7 Å². The average molecular weight is 390 g/mol. The van der Waals surface area contributed by atoms with Gasteiger partial charge in [-0.25, -0.2) is 18.6 Å². The molecule has 148 valence electrons. The molecular weight excluding hydrogens is 370 g/mol. The molecule has 28 heavy (non-hydrogen) atoms. The van der Waals surface area contributed by atoms with E-state index in [0.717, 1.165) is 12.1 Å². The number of hydrogen-bond acceptors (Lipinski definition) is 5. The number of carbonyl (C=O) groups excluding carboxylic acids is 2. The van der Waals surface area contributed by atoms with Crippen molar-refractivity contribution in [2.45, 2.75) is 6.92 Å². The Bertz CT molecular complexity index is 870. The fraction of sp³-hybridized carbons (Fsp3) is 0.316. The molecule has 0 unspecified atom stereocenters. The normalized spacial score (nSPS) is 14.0. The monoisotopic (exact) mass is 390 g/mol. The van der Waals surface area contributed by atoms with E-state index in [1.54, 1.807) is 17.9 Å². The Morgan fingerprint density at radius 1 is 1.11 bits per heavy atom. The Kier molecular flexibility index (Phi) is 6.03. The van der Waals surface area contributed by atoms with Gasteiger partial charge in [0.15, 0.2) is 11.6 Å². The van der Waals surface area contributed by atoms with Crippen LogP contribution >= 0.6 is 0 Å². The third-order valence-electron chi connectivity index (χ3n) is 4.31. The first-order chi connectivity index (χ1) is 13.5. The summed E-state index contributed by atoms with van der Waals surface area (Å²) < 4.78 is 31.3. The number of halogens is 2. The minimum atomic E-state index is -1.03. The third kappa shape index (κ3) is 4.54. The lowest BCUT2D eigenvalue weighted by atomic mass is 10.2. The Hall–Kier alpha value is -3.23. The second kappa shape index (κ2) is 8.64. The number of nitrogens with zero attached hydrogens (tertiary/aromatic N) is 3. The predicted molar refractivity (Wildman–Crippen MR) is 99.4 cm³/mol. The van der Waals surface area contributed by atoms with Crippen LogP contribution in [0.4, 0.5) is 25.1 Å². The van der Waals surface area contributed by atoms with Gasteiger partial charge in [0.1, 0.15) is 5.82 Å². The number of piperazine rings is 1. The summed E-state index contributed by atoms with van der Waals surface area (Å²) in [5.74, 6) is -1.87. The molecule has 1 N–H and O–H groups in total. The number of rotatable bonds is 4. The van der Waals surface area contributed by atoms with E-state index in [1.165, 1.54) is 18.3 Å². The average Bonchev–Trinajstić information content (AvgIpc) is 2.71. The fourth-order valence-electron chi connectivity index (χ4n) is 2.84. The Morgan fingerprint density at radius 3 is 2.54 bits per heavy atom. The number of nitrogens with one attached hydrogen (secondary N) is 1. The van der Waals surface area contributed by atoms with Gasteiger partial charge in [0.05, 0.1) is 6.61 Å². The standard InChI is InChI=1S/C19H20F2N4O3/c1-2-28-19(27)25-9-7-24(8-10-25)17-11-13(5-6-22-17)18(26)23-14-3-4-15(20)16(21)12-14/h3-6,11-12H,2,7-10H2,1H3,(H,23,26). The van der Waals surface area contributed by atoms with Crippen LogP contribution in [0.25, 0.3) is 0 Å². The molecule has 1 saturated heterocycles. The number of ether oxygens (including phenoxy) is 1. The first-order valence-corrected chi connectivity index (χ1v) is 8.87. The van der Waals surface area contributed by atoms with Crippen molar-refractivity contribution in [3.8, 4) is 0 Å². The largest absolute Gasteiger partial charge is 0.450 e. The molecule has 1 aliphatic heterocycles. The second-order valence-corrected chi connectivity index (χ2v) is 6.16. The molecule has 1 fully saturated rings. The number of pyridine rings is 1. The number of hydrogen-bond donors (Lipinski definition) is 1. The van der Waals surface area contributed by atoms with Crippen molar-refractivity contribution in [2.24, 2.45) is 0 Å². The van der Waals surface area contributed by atoms with Gasteiger partial charge in [-0.15, -0.1) is 0 Å². The summed E-state index contributed by atoms with van der Waals surface area (Å²) in [4.78, 5) is 32.1. The minimum Gasteiger partial charge on any atom is -0.450 e. The lowest BCUT2D eigenvalue weighted by molar-refractivity contribution is 0.102. The molecule has 0 aliphatic carbocycles. The highest BCUT2D eigenvalue weighted by Gasteiger charge is 2.23. The maximum atomic E-state index is 13.3. The van der Waals surface area contributed by atoms with Gasteiger partial charge in [-0.3, -0.25) is 4.79 Å². The van der Waals surface area contributed by atoms with Gasteiger partial charge in [-0.2, -0.15) is 0 Å². The molecule has 0 bridgehead atoms. The summed E-state index contributed by atoms with van der Waals surface area (Å²) in [6.07, 6.45) is 1.17. The minimum absolute atomic E-state index is 0.158. The smallest absolute Gasteiger partial charge is 0.409 e. The van der Waals surface area contributed by atoms with Crippen molar-refractivity contribution in [1.29, 1.82) is 0 Å². The summed E-state index contributed by atoms with van der Waals surface area (Å²) in [6, 6.07) is 6.31. The molecule has 9 heteroatoms. The van der Waals surface area contributed by atoms with Crippen LogP contribution in [0.1, 0.15) is 17.3 Å². The van der Waals surface area contributed by atoms with E-state index in [0.29, 0.717) is 44.2 Å². The third-order valence-corrected chi connectivity index (χ3v) is 4.31. The number of amides is 2. The van der Waals surface area contributed by atoms with Crippen LogP contribution in [0.2, 0.25) is 0 Å². The topological polar surface area (TPSA) is 74.8 Å². The van der Waals surface area contributed by atoms with Crippen LogP contribution in [-0.4, -0.2) is 54.7 Å². The molecule has 0 atom stereocenters. The zero-order chi connectivity index (χ0) is 20.1. The van der Waals surface area contributed by atoms with Gasteiger partial charge in [-0.1, -0.05) is 0 Å².